The van der Waals surface area contributed by atoms with Crippen LogP contribution in [-0.4, -0.2) is 35.2 Å². The molecule has 0 radical (unpaired) electrons. The van der Waals surface area contributed by atoms with Gasteiger partial charge in [-0.25, -0.2) is 0 Å². The average molecular weight is 348 g/mol. The minimum absolute atomic E-state index is 0.0969. The van der Waals surface area contributed by atoms with Gasteiger partial charge in [0.15, 0.2) is 0 Å². The summed E-state index contributed by atoms with van der Waals surface area (Å²) in [6, 6.07) is 0.159. The van der Waals surface area contributed by atoms with E-state index in [4.69, 9.17) is 0 Å². The summed E-state index contributed by atoms with van der Waals surface area (Å²) in [5, 5.41) is 3.14. The van der Waals surface area contributed by atoms with Crippen molar-refractivity contribution in [2.24, 2.45) is 29.6 Å². The summed E-state index contributed by atoms with van der Waals surface area (Å²) >= 11 is 0. The molecule has 0 aromatic heterocycles. The van der Waals surface area contributed by atoms with Crippen LogP contribution < -0.4 is 5.32 Å². The molecule has 25 heavy (non-hydrogen) atoms. The minimum atomic E-state index is -0.176. The number of rotatable bonds is 4. The Labute approximate surface area is 150 Å². The third-order valence-corrected chi connectivity index (χ3v) is 6.60. The number of amides is 3. The van der Waals surface area contributed by atoms with E-state index in [-0.39, 0.29) is 42.1 Å². The van der Waals surface area contributed by atoms with Crippen LogP contribution in [0.4, 0.5) is 0 Å². The highest BCUT2D eigenvalue weighted by Gasteiger charge is 2.48. The lowest BCUT2D eigenvalue weighted by molar-refractivity contribution is -0.144. The Kier molecular flexibility index (Phi) is 5.49. The Morgan fingerprint density at radius 2 is 1.68 bits per heavy atom. The van der Waals surface area contributed by atoms with Crippen molar-refractivity contribution in [3.63, 3.8) is 0 Å². The molecule has 3 fully saturated rings. The van der Waals surface area contributed by atoms with Crippen molar-refractivity contribution in [2.75, 3.05) is 6.54 Å². The van der Waals surface area contributed by atoms with E-state index in [1.165, 1.54) is 11.3 Å². The number of imide groups is 1. The second-order valence-electron chi connectivity index (χ2n) is 8.76. The Bertz CT molecular complexity index is 521. The fraction of sp³-hybridized carbons (Fsp3) is 0.850. The van der Waals surface area contributed by atoms with Crippen molar-refractivity contribution in [3.8, 4) is 0 Å². The second-order valence-corrected chi connectivity index (χ2v) is 8.76. The molecule has 3 amide bonds. The molecule has 2 saturated carbocycles. The van der Waals surface area contributed by atoms with Gasteiger partial charge in [-0.05, 0) is 43.4 Å². The van der Waals surface area contributed by atoms with Gasteiger partial charge in [-0.1, -0.05) is 40.0 Å². The Hall–Kier alpha value is -1.39. The number of fused-ring (bicyclic) bond motifs is 1. The van der Waals surface area contributed by atoms with Crippen LogP contribution in [-0.2, 0) is 14.4 Å². The first kappa shape index (κ1) is 18.4. The SMILES string of the molecule is CC(C)[C@H]1CC[C@@H](C)C[C@H]1NC(=O)CN1C(=O)[C@H]2CCCC[C@H]2C1=O. The van der Waals surface area contributed by atoms with Gasteiger partial charge in [-0.2, -0.15) is 0 Å². The van der Waals surface area contributed by atoms with E-state index >= 15 is 0 Å². The van der Waals surface area contributed by atoms with Gasteiger partial charge >= 0.3 is 0 Å². The van der Waals surface area contributed by atoms with E-state index < -0.39 is 0 Å². The van der Waals surface area contributed by atoms with Crippen LogP contribution in [0.1, 0.15) is 65.7 Å². The number of nitrogens with zero attached hydrogens (tertiary/aromatic N) is 1. The van der Waals surface area contributed by atoms with Gasteiger partial charge < -0.3 is 5.32 Å². The molecule has 1 saturated heterocycles. The van der Waals surface area contributed by atoms with Crippen LogP contribution >= 0.6 is 0 Å². The molecule has 1 N–H and O–H groups in total. The van der Waals surface area contributed by atoms with E-state index in [9.17, 15) is 14.4 Å². The lowest BCUT2D eigenvalue weighted by Crippen LogP contribution is -2.49. The molecule has 0 aromatic carbocycles. The summed E-state index contributed by atoms with van der Waals surface area (Å²) in [5.74, 6) is 0.843. The lowest BCUT2D eigenvalue weighted by atomic mass is 9.74. The van der Waals surface area contributed by atoms with E-state index in [0.29, 0.717) is 17.8 Å². The quantitative estimate of drug-likeness (QED) is 0.795. The molecule has 5 atom stereocenters. The molecule has 5 heteroatoms. The fourth-order valence-corrected chi connectivity index (χ4v) is 5.15. The maximum Gasteiger partial charge on any atom is 0.240 e. The maximum atomic E-state index is 12.6. The van der Waals surface area contributed by atoms with Crippen molar-refractivity contribution < 1.29 is 14.4 Å². The third kappa shape index (κ3) is 3.75. The molecule has 0 spiro atoms. The van der Waals surface area contributed by atoms with Gasteiger partial charge in [0.2, 0.25) is 17.7 Å². The molecule has 0 unspecified atom stereocenters. The smallest absolute Gasteiger partial charge is 0.240 e. The highest BCUT2D eigenvalue weighted by atomic mass is 16.2. The molecule has 2 aliphatic carbocycles. The fourth-order valence-electron chi connectivity index (χ4n) is 5.15. The first-order chi connectivity index (χ1) is 11.9. The number of hydrogen-bond donors (Lipinski definition) is 1. The predicted molar refractivity (Wildman–Crippen MR) is 95.4 cm³/mol. The van der Waals surface area contributed by atoms with Gasteiger partial charge in [0.05, 0.1) is 11.8 Å². The average Bonchev–Trinajstić information content (AvgIpc) is 2.80. The van der Waals surface area contributed by atoms with Gasteiger partial charge in [-0.15, -0.1) is 0 Å². The van der Waals surface area contributed by atoms with Crippen molar-refractivity contribution in [3.05, 3.63) is 0 Å². The second kappa shape index (κ2) is 7.46. The maximum absolute atomic E-state index is 12.6. The van der Waals surface area contributed by atoms with Crippen LogP contribution in [0, 0.1) is 29.6 Å². The monoisotopic (exact) mass is 348 g/mol. The summed E-state index contributed by atoms with van der Waals surface area (Å²) in [5.41, 5.74) is 0. The van der Waals surface area contributed by atoms with Gasteiger partial charge in [0, 0.05) is 6.04 Å². The topological polar surface area (TPSA) is 66.5 Å². The predicted octanol–water partition coefficient (Wildman–Crippen LogP) is 2.74. The molecular formula is C20H32N2O3. The standard InChI is InChI=1S/C20H32N2O3/c1-12(2)14-9-8-13(3)10-17(14)21-18(23)11-22-19(24)15-6-4-5-7-16(15)20(22)25/h12-17H,4-11H2,1-3H3,(H,21,23)/t13-,14-,15-,16+,17-/m1/s1. The molecule has 3 aliphatic rings. The molecule has 1 heterocycles. The highest BCUT2D eigenvalue weighted by molar-refractivity contribution is 6.07. The Morgan fingerprint density at radius 3 is 2.24 bits per heavy atom. The molecule has 1 aliphatic heterocycles. The van der Waals surface area contributed by atoms with Crippen molar-refractivity contribution in [1.29, 1.82) is 0 Å². The summed E-state index contributed by atoms with van der Waals surface area (Å²) in [7, 11) is 0. The zero-order valence-corrected chi connectivity index (χ0v) is 15.8. The van der Waals surface area contributed by atoms with Crippen LogP contribution in [0.2, 0.25) is 0 Å². The molecule has 5 nitrogen and oxygen atoms in total. The van der Waals surface area contributed by atoms with Crippen LogP contribution in [0.25, 0.3) is 0 Å². The lowest BCUT2D eigenvalue weighted by Gasteiger charge is -2.38. The van der Waals surface area contributed by atoms with Gasteiger partial charge in [0.25, 0.3) is 0 Å². The van der Waals surface area contributed by atoms with E-state index in [0.717, 1.165) is 38.5 Å². The van der Waals surface area contributed by atoms with Crippen molar-refractivity contribution in [1.82, 2.24) is 10.2 Å². The Balaban J connectivity index is 1.61. The van der Waals surface area contributed by atoms with Crippen molar-refractivity contribution in [2.45, 2.75) is 71.8 Å². The normalized spacial score (nSPS) is 35.8. The number of carbonyl (C=O) groups is 3. The minimum Gasteiger partial charge on any atom is -0.352 e. The van der Waals surface area contributed by atoms with E-state index in [1.807, 2.05) is 0 Å². The number of carbonyl (C=O) groups excluding carboxylic acids is 3. The number of likely N-dealkylation sites (tertiary alicyclic amines) is 1. The molecule has 0 aromatic rings. The summed E-state index contributed by atoms with van der Waals surface area (Å²) in [4.78, 5) is 38.9. The first-order valence-electron chi connectivity index (χ1n) is 10.0. The Morgan fingerprint density at radius 1 is 1.08 bits per heavy atom. The van der Waals surface area contributed by atoms with Gasteiger partial charge in [-0.3, -0.25) is 19.3 Å². The van der Waals surface area contributed by atoms with Crippen molar-refractivity contribution >= 4 is 17.7 Å². The summed E-state index contributed by atoms with van der Waals surface area (Å²) in [6.07, 6.45) is 6.94. The zero-order chi connectivity index (χ0) is 18.1. The third-order valence-electron chi connectivity index (χ3n) is 6.60. The molecule has 140 valence electrons. The van der Waals surface area contributed by atoms with E-state index in [1.54, 1.807) is 0 Å². The van der Waals surface area contributed by atoms with Crippen LogP contribution in [0.5, 0.6) is 0 Å². The largest absolute Gasteiger partial charge is 0.352 e. The highest BCUT2D eigenvalue weighted by Crippen LogP contribution is 2.38. The zero-order valence-electron chi connectivity index (χ0n) is 15.8. The van der Waals surface area contributed by atoms with Crippen LogP contribution in [0.3, 0.4) is 0 Å². The van der Waals surface area contributed by atoms with Crippen LogP contribution in [0.15, 0.2) is 0 Å². The van der Waals surface area contributed by atoms with Gasteiger partial charge in [0.1, 0.15) is 6.54 Å². The molecule has 3 rings (SSSR count). The first-order valence-corrected chi connectivity index (χ1v) is 10.0. The molecular weight excluding hydrogens is 316 g/mol. The summed E-state index contributed by atoms with van der Waals surface area (Å²) in [6.45, 7) is 6.55. The number of hydrogen-bond acceptors (Lipinski definition) is 3. The molecule has 0 bridgehead atoms. The summed E-state index contributed by atoms with van der Waals surface area (Å²) < 4.78 is 0. The number of nitrogens with one attached hydrogen (secondary N) is 1. The van der Waals surface area contributed by atoms with E-state index in [2.05, 4.69) is 26.1 Å².